The summed E-state index contributed by atoms with van der Waals surface area (Å²) < 4.78 is 0.774. The monoisotopic (exact) mass is 369 g/mol. The van der Waals surface area contributed by atoms with E-state index in [1.54, 1.807) is 6.07 Å². The summed E-state index contributed by atoms with van der Waals surface area (Å²) in [4.78, 5) is 26.7. The lowest BCUT2D eigenvalue weighted by Gasteiger charge is -2.25. The van der Waals surface area contributed by atoms with Crippen LogP contribution in [0.15, 0.2) is 16.6 Å². The van der Waals surface area contributed by atoms with Gasteiger partial charge in [-0.2, -0.15) is 0 Å². The van der Waals surface area contributed by atoms with E-state index in [0.29, 0.717) is 16.6 Å². The number of carbonyl (C=O) groups excluding carboxylic acids is 2. The Morgan fingerprint density at radius 1 is 1.19 bits per heavy atom. The summed E-state index contributed by atoms with van der Waals surface area (Å²) >= 11 is 9.51. The molecule has 3 atom stereocenters. The van der Waals surface area contributed by atoms with E-state index in [2.05, 4.69) is 22.9 Å². The van der Waals surface area contributed by atoms with Gasteiger partial charge in [0.05, 0.1) is 22.5 Å². The molecule has 1 aromatic rings. The maximum Gasteiger partial charge on any atom is 0.237 e. The van der Waals surface area contributed by atoms with Crippen LogP contribution in [0.1, 0.15) is 31.7 Å². The van der Waals surface area contributed by atoms with Gasteiger partial charge in [-0.05, 0) is 65.7 Å². The van der Waals surface area contributed by atoms with Gasteiger partial charge in [-0.1, -0.05) is 18.5 Å². The molecule has 0 unspecified atom stereocenters. The lowest BCUT2D eigenvalue weighted by Crippen LogP contribution is -2.31. The number of amides is 2. The van der Waals surface area contributed by atoms with Crippen molar-refractivity contribution in [2.24, 2.45) is 17.8 Å². The number of aryl methyl sites for hydroxylation is 1. The zero-order valence-electron chi connectivity index (χ0n) is 12.0. The van der Waals surface area contributed by atoms with Crippen LogP contribution in [-0.4, -0.2) is 11.8 Å². The van der Waals surface area contributed by atoms with Crippen LogP contribution in [0, 0.1) is 24.7 Å². The molecular formula is C16H17BrClNO2. The highest BCUT2D eigenvalue weighted by Gasteiger charge is 2.50. The van der Waals surface area contributed by atoms with Crippen molar-refractivity contribution in [1.29, 1.82) is 0 Å². The maximum atomic E-state index is 12.7. The third kappa shape index (κ3) is 2.42. The van der Waals surface area contributed by atoms with Gasteiger partial charge in [0.15, 0.2) is 0 Å². The van der Waals surface area contributed by atoms with E-state index in [-0.39, 0.29) is 23.7 Å². The average molecular weight is 371 g/mol. The van der Waals surface area contributed by atoms with Gasteiger partial charge < -0.3 is 0 Å². The fraction of sp³-hybridized carbons (Fsp3) is 0.500. The van der Waals surface area contributed by atoms with Crippen LogP contribution in [0.2, 0.25) is 5.02 Å². The van der Waals surface area contributed by atoms with Gasteiger partial charge in [-0.15, -0.1) is 0 Å². The van der Waals surface area contributed by atoms with Gasteiger partial charge in [0, 0.05) is 4.47 Å². The third-order valence-corrected chi connectivity index (χ3v) is 5.86. The van der Waals surface area contributed by atoms with E-state index in [1.165, 1.54) is 4.90 Å². The topological polar surface area (TPSA) is 37.4 Å². The van der Waals surface area contributed by atoms with Crippen molar-refractivity contribution in [3.05, 3.63) is 27.2 Å². The van der Waals surface area contributed by atoms with Crippen molar-refractivity contribution in [3.8, 4) is 0 Å². The smallest absolute Gasteiger partial charge is 0.237 e. The Labute approximate surface area is 137 Å². The molecule has 1 aromatic carbocycles. The Bertz CT molecular complexity index is 631. The number of anilines is 1. The SMILES string of the molecule is Cc1cc(Br)c(Cl)cc1N1C(=O)[C@H]2CC[C@H](C)C[C@@H]2C1=O. The molecule has 0 spiro atoms. The highest BCUT2D eigenvalue weighted by atomic mass is 79.9. The van der Waals surface area contributed by atoms with Crippen LogP contribution < -0.4 is 4.90 Å². The number of hydrogen-bond acceptors (Lipinski definition) is 2. The molecule has 21 heavy (non-hydrogen) atoms. The predicted octanol–water partition coefficient (Wildman–Crippen LogP) is 4.34. The minimum Gasteiger partial charge on any atom is -0.274 e. The quantitative estimate of drug-likeness (QED) is 0.690. The van der Waals surface area contributed by atoms with Gasteiger partial charge in [0.2, 0.25) is 11.8 Å². The summed E-state index contributed by atoms with van der Waals surface area (Å²) in [6.07, 6.45) is 2.65. The molecule has 5 heteroatoms. The van der Waals surface area contributed by atoms with Crippen molar-refractivity contribution in [2.75, 3.05) is 4.90 Å². The molecule has 2 amide bonds. The zero-order valence-corrected chi connectivity index (χ0v) is 14.4. The number of fused-ring (bicyclic) bond motifs is 1. The molecule has 1 saturated heterocycles. The maximum absolute atomic E-state index is 12.7. The van der Waals surface area contributed by atoms with E-state index in [1.807, 2.05) is 13.0 Å². The second-order valence-corrected chi connectivity index (χ2v) is 7.46. The molecule has 2 fully saturated rings. The summed E-state index contributed by atoms with van der Waals surface area (Å²) in [5, 5.41) is 0.513. The first-order valence-corrected chi connectivity index (χ1v) is 8.40. The Hall–Kier alpha value is -0.870. The summed E-state index contributed by atoms with van der Waals surface area (Å²) in [6, 6.07) is 3.56. The predicted molar refractivity (Wildman–Crippen MR) is 86.4 cm³/mol. The van der Waals surface area contributed by atoms with Crippen LogP contribution in [0.4, 0.5) is 5.69 Å². The van der Waals surface area contributed by atoms with Crippen LogP contribution in [0.25, 0.3) is 0 Å². The molecule has 1 aliphatic heterocycles. The van der Waals surface area contributed by atoms with E-state index in [9.17, 15) is 9.59 Å². The van der Waals surface area contributed by atoms with Crippen molar-refractivity contribution in [3.63, 3.8) is 0 Å². The molecule has 0 bridgehead atoms. The van der Waals surface area contributed by atoms with E-state index in [4.69, 9.17) is 11.6 Å². The van der Waals surface area contributed by atoms with Crippen LogP contribution >= 0.6 is 27.5 Å². The lowest BCUT2D eigenvalue weighted by atomic mass is 9.76. The number of rotatable bonds is 1. The number of carbonyl (C=O) groups is 2. The Morgan fingerprint density at radius 2 is 1.86 bits per heavy atom. The standard InChI is InChI=1S/C16H17BrClNO2/c1-8-3-4-10-11(5-8)16(21)19(15(10)20)14-7-13(18)12(17)6-9(14)2/h6-8,10-11H,3-5H2,1-2H3/t8-,10-,11-/m0/s1. The summed E-state index contributed by atoms with van der Waals surface area (Å²) in [5.74, 6) is 0.104. The first-order valence-electron chi connectivity index (χ1n) is 7.23. The van der Waals surface area contributed by atoms with Crippen molar-refractivity contribution in [1.82, 2.24) is 0 Å². The van der Waals surface area contributed by atoms with Crippen LogP contribution in [-0.2, 0) is 9.59 Å². The highest BCUT2D eigenvalue weighted by molar-refractivity contribution is 9.10. The Morgan fingerprint density at radius 3 is 2.57 bits per heavy atom. The Kier molecular flexibility index (Phi) is 3.87. The van der Waals surface area contributed by atoms with E-state index < -0.39 is 0 Å². The molecule has 0 N–H and O–H groups in total. The van der Waals surface area contributed by atoms with Gasteiger partial charge in [-0.25, -0.2) is 4.90 Å². The highest BCUT2D eigenvalue weighted by Crippen LogP contribution is 2.43. The fourth-order valence-corrected chi connectivity index (χ4v) is 4.12. The second kappa shape index (κ2) is 5.40. The summed E-state index contributed by atoms with van der Waals surface area (Å²) in [5.41, 5.74) is 1.50. The van der Waals surface area contributed by atoms with Crippen molar-refractivity contribution < 1.29 is 9.59 Å². The lowest BCUT2D eigenvalue weighted by molar-refractivity contribution is -0.122. The van der Waals surface area contributed by atoms with E-state index >= 15 is 0 Å². The third-order valence-electron chi connectivity index (χ3n) is 4.67. The molecule has 1 saturated carbocycles. The van der Waals surface area contributed by atoms with Crippen LogP contribution in [0.5, 0.6) is 0 Å². The second-order valence-electron chi connectivity index (χ2n) is 6.20. The number of halogens is 2. The summed E-state index contributed by atoms with van der Waals surface area (Å²) in [7, 11) is 0. The summed E-state index contributed by atoms with van der Waals surface area (Å²) in [6.45, 7) is 4.04. The van der Waals surface area contributed by atoms with Crippen LogP contribution in [0.3, 0.4) is 0 Å². The normalized spacial score (nSPS) is 29.0. The number of hydrogen-bond donors (Lipinski definition) is 0. The fourth-order valence-electron chi connectivity index (χ4n) is 3.50. The molecule has 112 valence electrons. The average Bonchev–Trinajstić information content (AvgIpc) is 2.66. The van der Waals surface area contributed by atoms with Gasteiger partial charge >= 0.3 is 0 Å². The zero-order chi connectivity index (χ0) is 15.3. The number of benzene rings is 1. The first-order chi connectivity index (χ1) is 9.90. The number of imide groups is 1. The van der Waals surface area contributed by atoms with Gasteiger partial charge in [0.1, 0.15) is 0 Å². The molecule has 0 aromatic heterocycles. The molecule has 2 aliphatic rings. The number of nitrogens with zero attached hydrogens (tertiary/aromatic N) is 1. The minimum atomic E-state index is -0.150. The largest absolute Gasteiger partial charge is 0.274 e. The molecule has 1 aliphatic carbocycles. The molecule has 3 nitrogen and oxygen atoms in total. The van der Waals surface area contributed by atoms with E-state index in [0.717, 1.165) is 29.3 Å². The first kappa shape index (κ1) is 15.0. The molecule has 0 radical (unpaired) electrons. The molecule has 3 rings (SSSR count). The van der Waals surface area contributed by atoms with Crippen molar-refractivity contribution in [2.45, 2.75) is 33.1 Å². The van der Waals surface area contributed by atoms with Gasteiger partial charge in [-0.3, -0.25) is 9.59 Å². The Balaban J connectivity index is 2.01. The van der Waals surface area contributed by atoms with Gasteiger partial charge in [0.25, 0.3) is 0 Å². The minimum absolute atomic E-state index is 0.0570. The molecule has 1 heterocycles. The molecular weight excluding hydrogens is 354 g/mol. The van der Waals surface area contributed by atoms with Crippen molar-refractivity contribution >= 4 is 45.0 Å².